The van der Waals surface area contributed by atoms with Gasteiger partial charge in [-0.25, -0.2) is 17.2 Å². The Labute approximate surface area is 204 Å². The van der Waals surface area contributed by atoms with Crippen LogP contribution in [0.3, 0.4) is 0 Å². The van der Waals surface area contributed by atoms with Crippen molar-refractivity contribution in [2.24, 2.45) is 0 Å². The SMILES string of the molecule is COc1ccc(CC2C(=C(c3cc(F)cc(F)c3)S(C)(=O)=O)CN2Cc2ccc(OC)cc2)cc1. The molecule has 1 aliphatic heterocycles. The van der Waals surface area contributed by atoms with Gasteiger partial charge in [-0.05, 0) is 65.1 Å². The first-order chi connectivity index (χ1) is 16.7. The van der Waals surface area contributed by atoms with Gasteiger partial charge in [-0.15, -0.1) is 0 Å². The molecule has 35 heavy (non-hydrogen) atoms. The summed E-state index contributed by atoms with van der Waals surface area (Å²) in [4.78, 5) is 2.14. The molecule has 1 unspecified atom stereocenters. The Bertz CT molecular complexity index is 1320. The monoisotopic (exact) mass is 499 g/mol. The van der Waals surface area contributed by atoms with E-state index in [-0.39, 0.29) is 16.5 Å². The number of rotatable bonds is 8. The number of benzene rings is 3. The van der Waals surface area contributed by atoms with Gasteiger partial charge in [0.1, 0.15) is 23.1 Å². The Morgan fingerprint density at radius 3 is 1.89 bits per heavy atom. The van der Waals surface area contributed by atoms with Crippen molar-refractivity contribution in [3.8, 4) is 11.5 Å². The van der Waals surface area contributed by atoms with E-state index in [1.165, 1.54) is 0 Å². The molecule has 1 fully saturated rings. The topological polar surface area (TPSA) is 55.8 Å². The summed E-state index contributed by atoms with van der Waals surface area (Å²) < 4.78 is 64.2. The van der Waals surface area contributed by atoms with Crippen molar-refractivity contribution in [2.45, 2.75) is 19.0 Å². The smallest absolute Gasteiger partial charge is 0.176 e. The maximum atomic E-state index is 14.0. The zero-order chi connectivity index (χ0) is 25.2. The lowest BCUT2D eigenvalue weighted by atomic mass is 9.87. The highest BCUT2D eigenvalue weighted by atomic mass is 32.2. The minimum atomic E-state index is -3.77. The number of ether oxygens (including phenoxy) is 2. The fourth-order valence-electron chi connectivity index (χ4n) is 4.46. The molecule has 0 amide bonds. The van der Waals surface area contributed by atoms with Gasteiger partial charge in [-0.2, -0.15) is 0 Å². The fraction of sp³-hybridized carbons (Fsp3) is 0.259. The molecule has 4 rings (SSSR count). The highest BCUT2D eigenvalue weighted by Gasteiger charge is 2.38. The van der Waals surface area contributed by atoms with Crippen molar-refractivity contribution in [3.05, 3.63) is 101 Å². The van der Waals surface area contributed by atoms with E-state index >= 15 is 0 Å². The molecule has 1 heterocycles. The van der Waals surface area contributed by atoms with Crippen LogP contribution in [0.25, 0.3) is 4.91 Å². The average molecular weight is 500 g/mol. The molecular weight excluding hydrogens is 472 g/mol. The lowest BCUT2D eigenvalue weighted by Gasteiger charge is -2.45. The highest BCUT2D eigenvalue weighted by Crippen LogP contribution is 2.38. The molecule has 1 atom stereocenters. The maximum Gasteiger partial charge on any atom is 0.176 e. The van der Waals surface area contributed by atoms with E-state index in [0.29, 0.717) is 25.1 Å². The molecule has 184 valence electrons. The lowest BCUT2D eigenvalue weighted by molar-refractivity contribution is 0.154. The minimum Gasteiger partial charge on any atom is -0.497 e. The van der Waals surface area contributed by atoms with E-state index in [9.17, 15) is 17.2 Å². The molecule has 0 spiro atoms. The summed E-state index contributed by atoms with van der Waals surface area (Å²) in [6.07, 6.45) is 1.61. The summed E-state index contributed by atoms with van der Waals surface area (Å²) >= 11 is 0. The van der Waals surface area contributed by atoms with Crippen molar-refractivity contribution in [3.63, 3.8) is 0 Å². The number of methoxy groups -OCH3 is 2. The maximum absolute atomic E-state index is 14.0. The summed E-state index contributed by atoms with van der Waals surface area (Å²) in [5.41, 5.74) is 2.71. The quantitative estimate of drug-likeness (QED) is 0.443. The Morgan fingerprint density at radius 2 is 1.40 bits per heavy atom. The first-order valence-corrected chi connectivity index (χ1v) is 13.0. The third kappa shape index (κ3) is 5.71. The molecule has 0 N–H and O–H groups in total. The van der Waals surface area contributed by atoms with Gasteiger partial charge in [-0.1, -0.05) is 24.3 Å². The van der Waals surface area contributed by atoms with Crippen molar-refractivity contribution in [1.82, 2.24) is 4.90 Å². The summed E-state index contributed by atoms with van der Waals surface area (Å²) in [5.74, 6) is -0.161. The number of nitrogens with zero attached hydrogens (tertiary/aromatic N) is 1. The molecule has 5 nitrogen and oxygen atoms in total. The van der Waals surface area contributed by atoms with Gasteiger partial charge in [0.2, 0.25) is 0 Å². The molecule has 0 aliphatic carbocycles. The third-order valence-electron chi connectivity index (χ3n) is 6.14. The average Bonchev–Trinajstić information content (AvgIpc) is 2.81. The molecule has 1 aliphatic rings. The molecule has 0 bridgehead atoms. The van der Waals surface area contributed by atoms with Gasteiger partial charge in [0.05, 0.1) is 19.1 Å². The number of halogens is 2. The molecule has 1 saturated heterocycles. The van der Waals surface area contributed by atoms with Crippen molar-refractivity contribution >= 4 is 14.7 Å². The number of hydrogen-bond donors (Lipinski definition) is 0. The zero-order valence-corrected chi connectivity index (χ0v) is 20.6. The van der Waals surface area contributed by atoms with Crippen LogP contribution in [-0.2, 0) is 22.8 Å². The van der Waals surface area contributed by atoms with Gasteiger partial charge < -0.3 is 9.47 Å². The van der Waals surface area contributed by atoms with Gasteiger partial charge in [-0.3, -0.25) is 4.90 Å². The van der Waals surface area contributed by atoms with Crippen molar-refractivity contribution < 1.29 is 26.7 Å². The van der Waals surface area contributed by atoms with E-state index in [4.69, 9.17) is 9.47 Å². The summed E-state index contributed by atoms with van der Waals surface area (Å²) in [6, 6.07) is 17.9. The van der Waals surface area contributed by atoms with Crippen molar-refractivity contribution in [1.29, 1.82) is 0 Å². The molecule has 0 saturated carbocycles. The van der Waals surface area contributed by atoms with E-state index in [2.05, 4.69) is 4.90 Å². The summed E-state index contributed by atoms with van der Waals surface area (Å²) in [5, 5.41) is 0. The van der Waals surface area contributed by atoms with Crippen LogP contribution in [0.2, 0.25) is 0 Å². The van der Waals surface area contributed by atoms with Gasteiger partial charge in [0.25, 0.3) is 0 Å². The van der Waals surface area contributed by atoms with E-state index in [0.717, 1.165) is 47.1 Å². The summed E-state index contributed by atoms with van der Waals surface area (Å²) in [7, 11) is -0.572. The second kappa shape index (κ2) is 10.2. The van der Waals surface area contributed by atoms with E-state index in [1.807, 2.05) is 48.5 Å². The minimum absolute atomic E-state index is 0.0135. The number of hydrogen-bond acceptors (Lipinski definition) is 5. The van der Waals surface area contributed by atoms with Crippen LogP contribution in [0.5, 0.6) is 11.5 Å². The predicted octanol–water partition coefficient (Wildman–Crippen LogP) is 4.86. The molecule has 0 aromatic heterocycles. The Hall–Kier alpha value is -3.23. The van der Waals surface area contributed by atoms with Crippen LogP contribution >= 0.6 is 0 Å². The largest absolute Gasteiger partial charge is 0.497 e. The van der Waals surface area contributed by atoms with E-state index in [1.54, 1.807) is 14.2 Å². The van der Waals surface area contributed by atoms with Crippen molar-refractivity contribution in [2.75, 3.05) is 27.0 Å². The molecule has 8 heteroatoms. The normalized spacial score (nSPS) is 17.6. The van der Waals surface area contributed by atoms with Crippen LogP contribution < -0.4 is 9.47 Å². The summed E-state index contributed by atoms with van der Waals surface area (Å²) in [6.45, 7) is 0.955. The standard InChI is InChI=1S/C27H27F2NO4S/c1-33-23-8-4-18(5-9-23)12-26-25(17-30(26)16-19-6-10-24(34-2)11-7-19)27(35(3,31)32)20-13-21(28)15-22(29)14-20/h4-11,13-15,26H,12,16-17H2,1-3H3. The fourth-order valence-corrected chi connectivity index (χ4v) is 5.68. The van der Waals surface area contributed by atoms with Crippen LogP contribution in [0.4, 0.5) is 8.78 Å². The first kappa shape index (κ1) is 24.9. The molecule has 3 aromatic carbocycles. The van der Waals surface area contributed by atoms with Crippen LogP contribution in [0, 0.1) is 11.6 Å². The molecule has 0 radical (unpaired) electrons. The third-order valence-corrected chi connectivity index (χ3v) is 7.38. The Balaban J connectivity index is 1.74. The second-order valence-corrected chi connectivity index (χ2v) is 10.6. The van der Waals surface area contributed by atoms with Gasteiger partial charge >= 0.3 is 0 Å². The number of sulfone groups is 1. The second-order valence-electron chi connectivity index (χ2n) is 8.61. The molecule has 3 aromatic rings. The first-order valence-electron chi connectivity index (χ1n) is 11.1. The lowest BCUT2D eigenvalue weighted by Crippen LogP contribution is -2.51. The Morgan fingerprint density at radius 1 is 0.886 bits per heavy atom. The van der Waals surface area contributed by atoms with Gasteiger partial charge in [0, 0.05) is 31.5 Å². The Kier molecular flexibility index (Phi) is 7.23. The van der Waals surface area contributed by atoms with Crippen LogP contribution in [0.1, 0.15) is 16.7 Å². The van der Waals surface area contributed by atoms with E-state index < -0.39 is 21.5 Å². The van der Waals surface area contributed by atoms with Crippen LogP contribution in [-0.4, -0.2) is 46.4 Å². The van der Waals surface area contributed by atoms with Crippen LogP contribution in [0.15, 0.2) is 72.3 Å². The zero-order valence-electron chi connectivity index (χ0n) is 19.8. The molecular formula is C27H27F2NO4S. The predicted molar refractivity (Wildman–Crippen MR) is 132 cm³/mol. The highest BCUT2D eigenvalue weighted by molar-refractivity contribution is 8.00. The number of likely N-dealkylation sites (tertiary alicyclic amines) is 1. The van der Waals surface area contributed by atoms with Gasteiger partial charge in [0.15, 0.2) is 9.84 Å².